The number of hydrogen-bond acceptors (Lipinski definition) is 4. The van der Waals surface area contributed by atoms with Crippen molar-refractivity contribution in [2.75, 3.05) is 26.4 Å². The maximum absolute atomic E-state index is 12.7. The van der Waals surface area contributed by atoms with E-state index in [2.05, 4.69) is 28.5 Å². The summed E-state index contributed by atoms with van der Waals surface area (Å²) in [5, 5.41) is 0. The highest BCUT2D eigenvalue weighted by Gasteiger charge is 2.54. The number of amides is 1. The number of rotatable bonds is 3. The number of fused-ring (bicyclic) bond motifs is 3. The van der Waals surface area contributed by atoms with Crippen LogP contribution in [-0.2, 0) is 4.79 Å². The van der Waals surface area contributed by atoms with Crippen molar-refractivity contribution in [3.05, 3.63) is 36.4 Å². The Balaban J connectivity index is 1.51. The third-order valence-corrected chi connectivity index (χ3v) is 6.46. The van der Waals surface area contributed by atoms with Gasteiger partial charge in [-0.1, -0.05) is 12.1 Å². The van der Waals surface area contributed by atoms with E-state index >= 15 is 0 Å². The number of hydrogen-bond donors (Lipinski definition) is 0. The standard InChI is InChI=1S/C20H24N2O3/c1-2-3-18(23)22-11-15(14-4-5-16-17(10-14)25-12-24-16)20-19(22)13-6-8-21(20)9-7-13/h2,4-5,10,13,15,19-20H,1,3,6-9,11-12H2/t15-,19+,20+/m1/s1. The quantitative estimate of drug-likeness (QED) is 0.793. The Morgan fingerprint density at radius 1 is 1.20 bits per heavy atom. The van der Waals surface area contributed by atoms with Crippen molar-refractivity contribution in [1.29, 1.82) is 0 Å². The molecule has 0 N–H and O–H groups in total. The lowest BCUT2D eigenvalue weighted by Crippen LogP contribution is -2.60. The molecule has 132 valence electrons. The van der Waals surface area contributed by atoms with Crippen LogP contribution in [0, 0.1) is 5.92 Å². The third kappa shape index (κ3) is 2.29. The van der Waals surface area contributed by atoms with Crippen LogP contribution in [0.15, 0.2) is 30.9 Å². The van der Waals surface area contributed by atoms with Gasteiger partial charge in [0.1, 0.15) is 0 Å². The predicted molar refractivity (Wildman–Crippen MR) is 93.7 cm³/mol. The van der Waals surface area contributed by atoms with Crippen LogP contribution in [0.3, 0.4) is 0 Å². The summed E-state index contributed by atoms with van der Waals surface area (Å²) >= 11 is 0. The van der Waals surface area contributed by atoms with Crippen LogP contribution in [0.1, 0.15) is 30.7 Å². The summed E-state index contributed by atoms with van der Waals surface area (Å²) < 4.78 is 11.0. The average molecular weight is 340 g/mol. The summed E-state index contributed by atoms with van der Waals surface area (Å²) in [4.78, 5) is 17.5. The molecule has 0 unspecified atom stereocenters. The fourth-order valence-corrected chi connectivity index (χ4v) is 5.38. The van der Waals surface area contributed by atoms with Gasteiger partial charge in [-0.25, -0.2) is 0 Å². The maximum atomic E-state index is 12.7. The van der Waals surface area contributed by atoms with Gasteiger partial charge in [0, 0.05) is 24.9 Å². The Hall–Kier alpha value is -2.01. The van der Waals surface area contributed by atoms with E-state index in [9.17, 15) is 4.79 Å². The molecule has 1 aromatic carbocycles. The average Bonchev–Trinajstić information content (AvgIpc) is 3.28. The molecule has 5 aliphatic heterocycles. The Bertz CT molecular complexity index is 711. The summed E-state index contributed by atoms with van der Waals surface area (Å²) in [6.45, 7) is 7.18. The largest absolute Gasteiger partial charge is 0.454 e. The SMILES string of the molecule is C=CCC(=O)N1C[C@H](c2ccc3c(c2)OCO3)[C@H]2[C@@H]1C1CCN2CC1. The molecule has 0 aliphatic carbocycles. The Kier molecular flexibility index (Phi) is 3.52. The molecule has 3 atom stereocenters. The van der Waals surface area contributed by atoms with E-state index in [0.29, 0.717) is 37.1 Å². The Morgan fingerprint density at radius 3 is 2.80 bits per heavy atom. The first-order chi connectivity index (χ1) is 12.3. The van der Waals surface area contributed by atoms with Gasteiger partial charge in [0.05, 0.1) is 6.04 Å². The molecule has 0 radical (unpaired) electrons. The minimum Gasteiger partial charge on any atom is -0.454 e. The lowest BCUT2D eigenvalue weighted by Gasteiger charge is -2.51. The normalized spacial score (nSPS) is 34.9. The molecule has 0 spiro atoms. The summed E-state index contributed by atoms with van der Waals surface area (Å²) in [5.41, 5.74) is 1.26. The molecular weight excluding hydrogens is 316 g/mol. The first-order valence-corrected chi connectivity index (χ1v) is 9.30. The summed E-state index contributed by atoms with van der Waals surface area (Å²) in [7, 11) is 0. The van der Waals surface area contributed by atoms with Gasteiger partial charge in [-0.2, -0.15) is 0 Å². The molecule has 1 aromatic rings. The zero-order valence-electron chi connectivity index (χ0n) is 14.4. The van der Waals surface area contributed by atoms with Crippen molar-refractivity contribution < 1.29 is 14.3 Å². The number of benzene rings is 1. The number of nitrogens with zero attached hydrogens (tertiary/aromatic N) is 2. The molecule has 5 heteroatoms. The first-order valence-electron chi connectivity index (χ1n) is 9.30. The van der Waals surface area contributed by atoms with Crippen LogP contribution >= 0.6 is 0 Å². The summed E-state index contributed by atoms with van der Waals surface area (Å²) in [6.07, 6.45) is 4.59. The maximum Gasteiger partial charge on any atom is 0.231 e. The van der Waals surface area contributed by atoms with Crippen LogP contribution in [-0.4, -0.2) is 54.2 Å². The molecule has 5 nitrogen and oxygen atoms in total. The molecule has 5 aliphatic rings. The van der Waals surface area contributed by atoms with Crippen LogP contribution in [0.2, 0.25) is 0 Å². The molecule has 4 saturated heterocycles. The zero-order valence-corrected chi connectivity index (χ0v) is 14.4. The number of likely N-dealkylation sites (tertiary alicyclic amines) is 1. The monoisotopic (exact) mass is 340 g/mol. The van der Waals surface area contributed by atoms with Crippen molar-refractivity contribution in [3.63, 3.8) is 0 Å². The van der Waals surface area contributed by atoms with E-state index in [0.717, 1.165) is 31.1 Å². The second-order valence-electron chi connectivity index (χ2n) is 7.61. The van der Waals surface area contributed by atoms with Gasteiger partial charge in [-0.3, -0.25) is 9.69 Å². The number of carbonyl (C=O) groups excluding carboxylic acids is 1. The lowest BCUT2D eigenvalue weighted by atomic mass is 9.75. The van der Waals surface area contributed by atoms with E-state index < -0.39 is 0 Å². The van der Waals surface area contributed by atoms with E-state index in [1.54, 1.807) is 6.08 Å². The van der Waals surface area contributed by atoms with Crippen molar-refractivity contribution in [2.45, 2.75) is 37.3 Å². The van der Waals surface area contributed by atoms with Gasteiger partial charge < -0.3 is 14.4 Å². The van der Waals surface area contributed by atoms with Gasteiger partial charge in [0.2, 0.25) is 12.7 Å². The Labute approximate surface area is 148 Å². The molecule has 0 aromatic heterocycles. The van der Waals surface area contributed by atoms with Crippen molar-refractivity contribution >= 4 is 5.91 Å². The minimum absolute atomic E-state index is 0.224. The summed E-state index contributed by atoms with van der Waals surface area (Å²) in [5.74, 6) is 2.87. The van der Waals surface area contributed by atoms with Crippen molar-refractivity contribution in [3.8, 4) is 11.5 Å². The van der Waals surface area contributed by atoms with E-state index in [4.69, 9.17) is 9.47 Å². The highest BCUT2D eigenvalue weighted by molar-refractivity contribution is 5.78. The van der Waals surface area contributed by atoms with Crippen LogP contribution in [0.4, 0.5) is 0 Å². The number of carbonyl (C=O) groups is 1. The van der Waals surface area contributed by atoms with E-state index in [1.807, 2.05) is 6.07 Å². The molecule has 5 heterocycles. The third-order valence-electron chi connectivity index (χ3n) is 6.46. The zero-order chi connectivity index (χ0) is 17.0. The van der Waals surface area contributed by atoms with Gasteiger partial charge >= 0.3 is 0 Å². The molecule has 4 fully saturated rings. The second kappa shape index (κ2) is 5.77. The van der Waals surface area contributed by atoms with E-state index in [-0.39, 0.29) is 5.91 Å². The van der Waals surface area contributed by atoms with Gasteiger partial charge in [0.15, 0.2) is 11.5 Å². The minimum atomic E-state index is 0.224. The van der Waals surface area contributed by atoms with E-state index in [1.165, 1.54) is 18.4 Å². The van der Waals surface area contributed by atoms with Crippen LogP contribution in [0.5, 0.6) is 11.5 Å². The number of piperidine rings is 3. The molecule has 1 amide bonds. The second-order valence-corrected chi connectivity index (χ2v) is 7.61. The lowest BCUT2D eigenvalue weighted by molar-refractivity contribution is -0.135. The molecular formula is C20H24N2O3. The molecule has 25 heavy (non-hydrogen) atoms. The van der Waals surface area contributed by atoms with Crippen LogP contribution < -0.4 is 9.47 Å². The van der Waals surface area contributed by atoms with Gasteiger partial charge in [0.25, 0.3) is 0 Å². The van der Waals surface area contributed by atoms with Crippen molar-refractivity contribution in [2.24, 2.45) is 5.92 Å². The number of ether oxygens (including phenoxy) is 2. The van der Waals surface area contributed by atoms with Crippen LogP contribution in [0.25, 0.3) is 0 Å². The summed E-state index contributed by atoms with van der Waals surface area (Å²) in [6, 6.07) is 7.07. The molecule has 6 rings (SSSR count). The van der Waals surface area contributed by atoms with Gasteiger partial charge in [-0.05, 0) is 49.5 Å². The fourth-order valence-electron chi connectivity index (χ4n) is 5.38. The molecule has 2 bridgehead atoms. The fraction of sp³-hybridized carbons (Fsp3) is 0.550. The van der Waals surface area contributed by atoms with Gasteiger partial charge in [-0.15, -0.1) is 6.58 Å². The highest BCUT2D eigenvalue weighted by Crippen LogP contribution is 2.48. The predicted octanol–water partition coefficient (Wildman–Crippen LogP) is 2.38. The highest BCUT2D eigenvalue weighted by atomic mass is 16.7. The smallest absolute Gasteiger partial charge is 0.231 e. The molecule has 0 saturated carbocycles. The first kappa shape index (κ1) is 15.3. The topological polar surface area (TPSA) is 42.0 Å². The Morgan fingerprint density at radius 2 is 2.00 bits per heavy atom. The van der Waals surface area contributed by atoms with Crippen molar-refractivity contribution in [1.82, 2.24) is 9.80 Å².